The molecule has 0 heterocycles. The first-order valence-electron chi connectivity index (χ1n) is 19.9. The van der Waals surface area contributed by atoms with Crippen LogP contribution in [0.2, 0.25) is 0 Å². The summed E-state index contributed by atoms with van der Waals surface area (Å²) < 4.78 is 16.3. The van der Waals surface area contributed by atoms with Gasteiger partial charge in [0.25, 0.3) is 0 Å². The van der Waals surface area contributed by atoms with Gasteiger partial charge in [0.2, 0.25) is 0 Å². The molecular formula is C48H57NO10. The number of carbonyl (C=O) groups excluding carboxylic acids is 3. The Kier molecular flexibility index (Phi) is 15.4. The summed E-state index contributed by atoms with van der Waals surface area (Å²) >= 11 is 0. The van der Waals surface area contributed by atoms with Crippen molar-refractivity contribution in [2.75, 3.05) is 6.61 Å². The van der Waals surface area contributed by atoms with Crippen molar-refractivity contribution in [3.05, 3.63) is 128 Å². The molecule has 314 valence electrons. The van der Waals surface area contributed by atoms with Crippen LogP contribution in [0.25, 0.3) is 11.1 Å². The fourth-order valence-electron chi connectivity index (χ4n) is 7.34. The number of aryl methyl sites for hydroxylation is 5. The van der Waals surface area contributed by atoms with Gasteiger partial charge < -0.3 is 30.2 Å². The Morgan fingerprint density at radius 3 is 1.42 bits per heavy atom. The van der Waals surface area contributed by atoms with E-state index >= 15 is 0 Å². The quantitative estimate of drug-likeness (QED) is 0.0820. The number of fused-ring (bicyclic) bond motifs is 3. The molecule has 1 aliphatic rings. The number of benzene rings is 4. The Labute approximate surface area is 346 Å². The van der Waals surface area contributed by atoms with Gasteiger partial charge in [0.15, 0.2) is 0 Å². The molecule has 0 atom stereocenters. The van der Waals surface area contributed by atoms with Crippen molar-refractivity contribution in [1.29, 1.82) is 0 Å². The summed E-state index contributed by atoms with van der Waals surface area (Å²) in [7, 11) is 0. The number of ether oxygens (including phenoxy) is 3. The summed E-state index contributed by atoms with van der Waals surface area (Å²) in [5.41, 5.74) is 13.7. The van der Waals surface area contributed by atoms with E-state index in [4.69, 9.17) is 19.9 Å². The topological polar surface area (TPSA) is 180 Å². The largest absolute Gasteiger partial charge is 0.478 e. The zero-order chi connectivity index (χ0) is 43.7. The maximum Gasteiger partial charge on any atom is 0.336 e. The third-order valence-corrected chi connectivity index (χ3v) is 9.65. The number of hydrogen-bond acceptors (Lipinski definition) is 9. The van der Waals surface area contributed by atoms with Crippen LogP contribution < -0.4 is 5.73 Å². The summed E-state index contributed by atoms with van der Waals surface area (Å²) in [5, 5.41) is 19.0. The van der Waals surface area contributed by atoms with Crippen LogP contribution >= 0.6 is 0 Å². The highest BCUT2D eigenvalue weighted by Gasteiger charge is 2.29. The maximum atomic E-state index is 12.7. The molecule has 0 fully saturated rings. The lowest BCUT2D eigenvalue weighted by Gasteiger charge is -2.20. The van der Waals surface area contributed by atoms with Gasteiger partial charge in [0.1, 0.15) is 17.8 Å². The first kappa shape index (κ1) is 45.9. The second-order valence-corrected chi connectivity index (χ2v) is 16.8. The average molecular weight is 808 g/mol. The van der Waals surface area contributed by atoms with Crippen molar-refractivity contribution in [2.24, 2.45) is 5.73 Å². The molecule has 0 bridgehead atoms. The lowest BCUT2D eigenvalue weighted by atomic mass is 9.93. The van der Waals surface area contributed by atoms with E-state index in [0.717, 1.165) is 22.3 Å². The van der Waals surface area contributed by atoms with Crippen molar-refractivity contribution < 1.29 is 48.4 Å². The highest BCUT2D eigenvalue weighted by atomic mass is 16.6. The van der Waals surface area contributed by atoms with Crippen LogP contribution in [-0.4, -0.2) is 57.9 Å². The summed E-state index contributed by atoms with van der Waals surface area (Å²) in [6.45, 7) is 14.8. The Morgan fingerprint density at radius 1 is 0.593 bits per heavy atom. The Balaban J connectivity index is 0.000000311. The molecule has 0 saturated heterocycles. The smallest absolute Gasteiger partial charge is 0.336 e. The van der Waals surface area contributed by atoms with E-state index in [1.165, 1.54) is 11.1 Å². The summed E-state index contributed by atoms with van der Waals surface area (Å²) in [4.78, 5) is 59.9. The number of carboxylic acid groups (broad SMARTS) is 2. The Morgan fingerprint density at radius 2 is 1.00 bits per heavy atom. The molecule has 11 heteroatoms. The molecule has 0 aliphatic heterocycles. The van der Waals surface area contributed by atoms with Gasteiger partial charge in [0.05, 0.1) is 11.1 Å². The Bertz CT molecular complexity index is 2150. The van der Waals surface area contributed by atoms with Gasteiger partial charge >= 0.3 is 29.8 Å². The fourth-order valence-corrected chi connectivity index (χ4v) is 7.34. The molecule has 0 radical (unpaired) electrons. The molecule has 5 rings (SSSR count). The van der Waals surface area contributed by atoms with Gasteiger partial charge in [-0.3, -0.25) is 14.4 Å². The lowest BCUT2D eigenvalue weighted by molar-refractivity contribution is -0.155. The van der Waals surface area contributed by atoms with E-state index in [0.29, 0.717) is 41.6 Å². The molecule has 1 aliphatic carbocycles. The van der Waals surface area contributed by atoms with E-state index in [2.05, 4.69) is 24.3 Å². The molecule has 4 aromatic carbocycles. The first-order chi connectivity index (χ1) is 27.7. The zero-order valence-corrected chi connectivity index (χ0v) is 35.4. The fraction of sp³-hybridized carbons (Fsp3) is 0.396. The maximum absolute atomic E-state index is 12.7. The molecule has 0 amide bonds. The van der Waals surface area contributed by atoms with Crippen LogP contribution in [0.3, 0.4) is 0 Å². The van der Waals surface area contributed by atoms with Crippen molar-refractivity contribution in [3.63, 3.8) is 0 Å². The van der Waals surface area contributed by atoms with E-state index in [1.807, 2.05) is 24.3 Å². The van der Waals surface area contributed by atoms with Crippen molar-refractivity contribution in [3.8, 4) is 11.1 Å². The van der Waals surface area contributed by atoms with Crippen LogP contribution in [0.5, 0.6) is 0 Å². The van der Waals surface area contributed by atoms with Crippen molar-refractivity contribution >= 4 is 29.8 Å². The monoisotopic (exact) mass is 807 g/mol. The van der Waals surface area contributed by atoms with Gasteiger partial charge in [-0.2, -0.15) is 0 Å². The van der Waals surface area contributed by atoms with Gasteiger partial charge in [0, 0.05) is 31.7 Å². The SMILES string of the molecule is Cc1cc(CCC(=O)OCC2c3ccccc3-c3ccccc32)cc(CCC(=O)OC(C)(C)C)c1C(=O)O.Cc1cc(CN)cc(CCC(=O)OC(C)(C)C)c1C(=O)O. The number of carboxylic acids is 2. The second-order valence-electron chi connectivity index (χ2n) is 16.8. The number of esters is 3. The van der Waals surface area contributed by atoms with Crippen LogP contribution in [0.1, 0.15) is 132 Å². The second kappa shape index (κ2) is 19.8. The number of aromatic carboxylic acids is 2. The molecular weight excluding hydrogens is 751 g/mol. The molecule has 4 aromatic rings. The average Bonchev–Trinajstić information content (AvgIpc) is 3.46. The van der Waals surface area contributed by atoms with E-state index in [-0.39, 0.29) is 67.2 Å². The minimum atomic E-state index is -1.04. The third-order valence-electron chi connectivity index (χ3n) is 9.65. The van der Waals surface area contributed by atoms with Gasteiger partial charge in [-0.15, -0.1) is 0 Å². The molecule has 0 spiro atoms. The first-order valence-corrected chi connectivity index (χ1v) is 19.9. The molecule has 59 heavy (non-hydrogen) atoms. The van der Waals surface area contributed by atoms with Crippen molar-refractivity contribution in [1.82, 2.24) is 0 Å². The third kappa shape index (κ3) is 13.1. The number of hydrogen-bond donors (Lipinski definition) is 3. The summed E-state index contributed by atoms with van der Waals surface area (Å²) in [6, 6.07) is 23.5. The summed E-state index contributed by atoms with van der Waals surface area (Å²) in [6.07, 6.45) is 1.38. The van der Waals surface area contributed by atoms with Crippen LogP contribution in [0, 0.1) is 13.8 Å². The minimum Gasteiger partial charge on any atom is -0.478 e. The van der Waals surface area contributed by atoms with E-state index in [9.17, 15) is 34.2 Å². The van der Waals surface area contributed by atoms with Gasteiger partial charge in [-0.25, -0.2) is 9.59 Å². The van der Waals surface area contributed by atoms with Gasteiger partial charge in [-0.05, 0) is 130 Å². The molecule has 11 nitrogen and oxygen atoms in total. The highest BCUT2D eigenvalue weighted by molar-refractivity contribution is 5.92. The Hall–Kier alpha value is -5.81. The van der Waals surface area contributed by atoms with Gasteiger partial charge in [-0.1, -0.05) is 72.8 Å². The van der Waals surface area contributed by atoms with Crippen LogP contribution in [0.4, 0.5) is 0 Å². The van der Waals surface area contributed by atoms with Crippen LogP contribution in [-0.2, 0) is 54.4 Å². The normalized spacial score (nSPS) is 12.1. The number of nitrogens with two attached hydrogens (primary N) is 1. The predicted molar refractivity (Wildman–Crippen MR) is 226 cm³/mol. The van der Waals surface area contributed by atoms with E-state index in [1.54, 1.807) is 79.7 Å². The molecule has 4 N–H and O–H groups in total. The standard InChI is InChI=1S/C32H34O6.C16H23NO4/c1-20-17-21(18-22(30(20)31(35)36)14-16-29(34)38-32(2,3)4)13-15-28(33)37-19-27-25-11-7-5-9-23(25)24-10-6-8-12-26(24)27;1-10-7-11(9-17)8-12(14(10)15(19)20)5-6-13(18)21-16(2,3)4/h5-12,17-18,27H,13-16,19H2,1-4H3,(H,35,36);7-8H,5-6,9,17H2,1-4H3,(H,19,20). The molecule has 0 saturated carbocycles. The molecule has 0 aromatic heterocycles. The van der Waals surface area contributed by atoms with Crippen molar-refractivity contribution in [2.45, 2.75) is 118 Å². The number of rotatable bonds is 14. The lowest BCUT2D eigenvalue weighted by Crippen LogP contribution is -2.24. The number of carbonyl (C=O) groups is 5. The molecule has 0 unspecified atom stereocenters. The minimum absolute atomic E-state index is 0.00269. The highest BCUT2D eigenvalue weighted by Crippen LogP contribution is 2.44. The summed E-state index contributed by atoms with van der Waals surface area (Å²) in [5.74, 6) is -3.05. The van der Waals surface area contributed by atoms with Crippen LogP contribution in [0.15, 0.2) is 72.8 Å². The predicted octanol–water partition coefficient (Wildman–Crippen LogP) is 8.68. The van der Waals surface area contributed by atoms with E-state index < -0.39 is 23.1 Å². The zero-order valence-electron chi connectivity index (χ0n) is 35.4.